The molecule has 1 heterocycles. The Kier molecular flexibility index (Phi) is 0.974. The smallest absolute Gasteiger partial charge is 0.0315 e. The van der Waals surface area contributed by atoms with Crippen LogP contribution in [-0.2, 0) is 0 Å². The fourth-order valence-electron chi connectivity index (χ4n) is 2.00. The van der Waals surface area contributed by atoms with Crippen LogP contribution in [-0.4, -0.2) is 24.0 Å². The van der Waals surface area contributed by atoms with Crippen molar-refractivity contribution in [2.24, 2.45) is 5.92 Å². The maximum atomic E-state index is 2.46. The second kappa shape index (κ2) is 1.60. The van der Waals surface area contributed by atoms with Gasteiger partial charge in [-0.2, -0.15) is 0 Å². The minimum absolute atomic E-state index is 0.800. The molecule has 0 bridgehead atoms. The molecule has 0 aromatic heterocycles. The lowest BCUT2D eigenvalue weighted by atomic mass is 9.98. The van der Waals surface area contributed by atoms with Gasteiger partial charge in [-0.15, -0.1) is 0 Å². The standard InChI is InChI=1S/C8H13N/c1-6-4-3-5-7-8(6)9(7)2/h3-4,6-8H,5H2,1-2H3. The lowest BCUT2D eigenvalue weighted by molar-refractivity contribution is 0.539. The Morgan fingerprint density at radius 3 is 2.89 bits per heavy atom. The third-order valence-electron chi connectivity index (χ3n) is 2.65. The van der Waals surface area contributed by atoms with E-state index in [0.29, 0.717) is 0 Å². The summed E-state index contributed by atoms with van der Waals surface area (Å²) < 4.78 is 0. The number of hydrogen-bond acceptors (Lipinski definition) is 1. The lowest BCUT2D eigenvalue weighted by Gasteiger charge is -2.05. The molecule has 1 aliphatic heterocycles. The molecule has 1 aliphatic carbocycles. The molecule has 1 saturated heterocycles. The van der Waals surface area contributed by atoms with Crippen LogP contribution in [0.3, 0.4) is 0 Å². The Balaban J connectivity index is 2.13. The normalized spacial score (nSPS) is 54.9. The van der Waals surface area contributed by atoms with Crippen LogP contribution >= 0.6 is 0 Å². The molecule has 1 fully saturated rings. The number of rotatable bonds is 0. The fourth-order valence-corrected chi connectivity index (χ4v) is 2.00. The van der Waals surface area contributed by atoms with E-state index in [1.807, 2.05) is 0 Å². The highest BCUT2D eigenvalue weighted by Crippen LogP contribution is 2.38. The third-order valence-corrected chi connectivity index (χ3v) is 2.65. The Morgan fingerprint density at radius 2 is 2.33 bits per heavy atom. The molecule has 0 spiro atoms. The summed E-state index contributed by atoms with van der Waals surface area (Å²) in [5, 5.41) is 0. The summed E-state index contributed by atoms with van der Waals surface area (Å²) in [5.74, 6) is 0.800. The van der Waals surface area contributed by atoms with Crippen molar-refractivity contribution in [2.75, 3.05) is 7.05 Å². The van der Waals surface area contributed by atoms with Gasteiger partial charge in [-0.1, -0.05) is 19.1 Å². The van der Waals surface area contributed by atoms with Gasteiger partial charge >= 0.3 is 0 Å². The summed E-state index contributed by atoms with van der Waals surface area (Å²) in [5.41, 5.74) is 0. The topological polar surface area (TPSA) is 3.01 Å². The Labute approximate surface area is 56.4 Å². The van der Waals surface area contributed by atoms with Gasteiger partial charge in [0.1, 0.15) is 0 Å². The first-order valence-electron chi connectivity index (χ1n) is 3.69. The van der Waals surface area contributed by atoms with Gasteiger partial charge in [0.15, 0.2) is 0 Å². The van der Waals surface area contributed by atoms with Gasteiger partial charge in [-0.25, -0.2) is 0 Å². The Hall–Kier alpha value is -0.300. The van der Waals surface area contributed by atoms with E-state index in [1.165, 1.54) is 6.42 Å². The van der Waals surface area contributed by atoms with Crippen LogP contribution < -0.4 is 0 Å². The number of hydrogen-bond donors (Lipinski definition) is 0. The van der Waals surface area contributed by atoms with E-state index in [-0.39, 0.29) is 0 Å². The molecule has 0 N–H and O–H groups in total. The highest BCUT2D eigenvalue weighted by molar-refractivity contribution is 5.15. The van der Waals surface area contributed by atoms with Crippen molar-refractivity contribution in [3.05, 3.63) is 12.2 Å². The molecule has 4 atom stereocenters. The van der Waals surface area contributed by atoms with Crippen LogP contribution in [0.25, 0.3) is 0 Å². The van der Waals surface area contributed by atoms with Crippen LogP contribution in [0, 0.1) is 5.92 Å². The van der Waals surface area contributed by atoms with Gasteiger partial charge in [-0.05, 0) is 19.4 Å². The lowest BCUT2D eigenvalue weighted by Crippen LogP contribution is -2.07. The van der Waals surface area contributed by atoms with E-state index in [4.69, 9.17) is 0 Å². The molecule has 0 radical (unpaired) electrons. The van der Waals surface area contributed by atoms with Gasteiger partial charge in [-0.3, -0.25) is 4.90 Å². The van der Waals surface area contributed by atoms with Crippen LogP contribution in [0.2, 0.25) is 0 Å². The summed E-state index contributed by atoms with van der Waals surface area (Å²) in [6.07, 6.45) is 5.94. The first kappa shape index (κ1) is 5.48. The summed E-state index contributed by atoms with van der Waals surface area (Å²) in [6, 6.07) is 1.78. The van der Waals surface area contributed by atoms with Crippen molar-refractivity contribution in [3.8, 4) is 0 Å². The number of likely N-dealkylation sites (N-methyl/N-ethyl adjacent to an activating group) is 1. The van der Waals surface area contributed by atoms with Gasteiger partial charge < -0.3 is 0 Å². The monoisotopic (exact) mass is 123 g/mol. The van der Waals surface area contributed by atoms with Gasteiger partial charge in [0.25, 0.3) is 0 Å². The predicted octanol–water partition coefficient (Wildman–Crippen LogP) is 1.27. The van der Waals surface area contributed by atoms with Crippen molar-refractivity contribution >= 4 is 0 Å². The van der Waals surface area contributed by atoms with Gasteiger partial charge in [0, 0.05) is 12.1 Å². The average molecular weight is 123 g/mol. The molecular weight excluding hydrogens is 110 g/mol. The highest BCUT2D eigenvalue weighted by atomic mass is 15.3. The minimum atomic E-state index is 0.800. The molecular formula is C8H13N. The zero-order valence-electron chi connectivity index (χ0n) is 6.04. The van der Waals surface area contributed by atoms with Crippen LogP contribution in [0.1, 0.15) is 13.3 Å². The van der Waals surface area contributed by atoms with Crippen LogP contribution in [0.4, 0.5) is 0 Å². The van der Waals surface area contributed by atoms with Crippen molar-refractivity contribution in [2.45, 2.75) is 25.4 Å². The molecule has 0 amide bonds. The summed E-state index contributed by atoms with van der Waals surface area (Å²) in [4.78, 5) is 2.46. The predicted molar refractivity (Wildman–Crippen MR) is 38.3 cm³/mol. The largest absolute Gasteiger partial charge is 0.296 e. The fraction of sp³-hybridized carbons (Fsp3) is 0.750. The molecule has 1 heteroatoms. The van der Waals surface area contributed by atoms with E-state index in [1.54, 1.807) is 0 Å². The van der Waals surface area contributed by atoms with Gasteiger partial charge in [0.05, 0.1) is 0 Å². The van der Waals surface area contributed by atoms with Gasteiger partial charge in [0.2, 0.25) is 0 Å². The Morgan fingerprint density at radius 1 is 1.56 bits per heavy atom. The average Bonchev–Trinajstić information content (AvgIpc) is 2.45. The second-order valence-corrected chi connectivity index (χ2v) is 3.25. The molecule has 1 nitrogen and oxygen atoms in total. The summed E-state index contributed by atoms with van der Waals surface area (Å²) in [7, 11) is 2.22. The summed E-state index contributed by atoms with van der Waals surface area (Å²) in [6.45, 7) is 2.30. The van der Waals surface area contributed by atoms with Crippen LogP contribution in [0.5, 0.6) is 0 Å². The minimum Gasteiger partial charge on any atom is -0.296 e. The molecule has 2 aliphatic rings. The maximum Gasteiger partial charge on any atom is 0.0315 e. The van der Waals surface area contributed by atoms with Crippen molar-refractivity contribution in [3.63, 3.8) is 0 Å². The maximum absolute atomic E-state index is 2.46. The van der Waals surface area contributed by atoms with E-state index >= 15 is 0 Å². The van der Waals surface area contributed by atoms with Crippen LogP contribution in [0.15, 0.2) is 12.2 Å². The quantitative estimate of drug-likeness (QED) is 0.346. The third kappa shape index (κ3) is 0.645. The van der Waals surface area contributed by atoms with E-state index < -0.39 is 0 Å². The van der Waals surface area contributed by atoms with Crippen molar-refractivity contribution in [1.82, 2.24) is 4.90 Å². The molecule has 2 rings (SSSR count). The van der Waals surface area contributed by atoms with E-state index in [9.17, 15) is 0 Å². The first-order chi connectivity index (χ1) is 4.30. The molecule has 50 valence electrons. The molecule has 4 unspecified atom stereocenters. The SMILES string of the molecule is CC1C=CCC2C1N2C. The molecule has 0 aromatic carbocycles. The zero-order valence-corrected chi connectivity index (χ0v) is 6.04. The molecule has 0 saturated carbocycles. The zero-order chi connectivity index (χ0) is 6.43. The first-order valence-corrected chi connectivity index (χ1v) is 3.69. The molecule has 9 heavy (non-hydrogen) atoms. The van der Waals surface area contributed by atoms with E-state index in [0.717, 1.165) is 18.0 Å². The van der Waals surface area contributed by atoms with E-state index in [2.05, 4.69) is 31.0 Å². The number of fused-ring (bicyclic) bond motifs is 1. The Bertz CT molecular complexity index is 151. The highest BCUT2D eigenvalue weighted by Gasteiger charge is 2.47. The molecule has 0 aromatic rings. The van der Waals surface area contributed by atoms with Crippen molar-refractivity contribution in [1.29, 1.82) is 0 Å². The second-order valence-electron chi connectivity index (χ2n) is 3.25. The van der Waals surface area contributed by atoms with Crippen molar-refractivity contribution < 1.29 is 0 Å². The summed E-state index contributed by atoms with van der Waals surface area (Å²) >= 11 is 0. The number of nitrogens with zero attached hydrogens (tertiary/aromatic N) is 1.